The second-order valence-corrected chi connectivity index (χ2v) is 7.36. The smallest absolute Gasteiger partial charge is 0.125 e. The molecule has 0 amide bonds. The van der Waals surface area contributed by atoms with E-state index in [1.165, 1.54) is 6.21 Å². The summed E-state index contributed by atoms with van der Waals surface area (Å²) in [5.74, 6) is 0. The maximum Gasteiger partial charge on any atom is 0.125 e. The van der Waals surface area contributed by atoms with Gasteiger partial charge in [-0.2, -0.15) is 0 Å². The highest BCUT2D eigenvalue weighted by Crippen LogP contribution is 2.15. The Morgan fingerprint density at radius 2 is 1.16 bits per heavy atom. The molecule has 6 heteroatoms. The minimum atomic E-state index is -0.999. The van der Waals surface area contributed by atoms with Crippen molar-refractivity contribution in [1.29, 1.82) is 0 Å². The summed E-state index contributed by atoms with van der Waals surface area (Å²) < 4.78 is 17.7. The molecular weight excluding hydrogens is 406 g/mol. The van der Waals surface area contributed by atoms with Gasteiger partial charge < -0.3 is 24.5 Å². The van der Waals surface area contributed by atoms with Gasteiger partial charge in [0, 0.05) is 0 Å². The van der Waals surface area contributed by atoms with E-state index in [1.807, 2.05) is 91.0 Å². The van der Waals surface area contributed by atoms with Crippen LogP contribution in [0.3, 0.4) is 0 Å². The largest absolute Gasteiger partial charge is 0.411 e. The van der Waals surface area contributed by atoms with E-state index in [-0.39, 0.29) is 19.8 Å². The molecule has 168 valence electrons. The van der Waals surface area contributed by atoms with Gasteiger partial charge in [0.1, 0.15) is 18.3 Å². The molecule has 0 unspecified atom stereocenters. The van der Waals surface area contributed by atoms with Crippen LogP contribution in [0.25, 0.3) is 0 Å². The van der Waals surface area contributed by atoms with Crippen molar-refractivity contribution in [2.45, 2.75) is 38.1 Å². The van der Waals surface area contributed by atoms with Crippen LogP contribution in [0.5, 0.6) is 0 Å². The average molecular weight is 436 g/mol. The summed E-state index contributed by atoms with van der Waals surface area (Å²) in [7, 11) is 0. The lowest BCUT2D eigenvalue weighted by Gasteiger charge is -2.29. The first-order valence-corrected chi connectivity index (χ1v) is 10.5. The van der Waals surface area contributed by atoms with Crippen LogP contribution < -0.4 is 0 Å². The van der Waals surface area contributed by atoms with Crippen molar-refractivity contribution in [2.75, 3.05) is 6.61 Å². The molecule has 3 aromatic carbocycles. The van der Waals surface area contributed by atoms with E-state index >= 15 is 0 Å². The van der Waals surface area contributed by atoms with E-state index in [0.717, 1.165) is 16.7 Å². The number of rotatable bonds is 13. The molecule has 32 heavy (non-hydrogen) atoms. The minimum Gasteiger partial charge on any atom is -0.411 e. The van der Waals surface area contributed by atoms with E-state index in [9.17, 15) is 10.3 Å². The van der Waals surface area contributed by atoms with E-state index in [4.69, 9.17) is 14.2 Å². The van der Waals surface area contributed by atoms with Gasteiger partial charge in [0.25, 0.3) is 0 Å². The first kappa shape index (κ1) is 23.6. The number of ether oxygens (including phenoxy) is 3. The summed E-state index contributed by atoms with van der Waals surface area (Å²) in [5.41, 5.74) is 2.92. The highest BCUT2D eigenvalue weighted by Gasteiger charge is 2.30. The van der Waals surface area contributed by atoms with Gasteiger partial charge in [-0.15, -0.1) is 0 Å². The number of benzene rings is 3. The number of aliphatic hydroxyl groups is 1. The number of hydrogen-bond acceptors (Lipinski definition) is 6. The zero-order valence-electron chi connectivity index (χ0n) is 17.9. The molecule has 2 N–H and O–H groups in total. The van der Waals surface area contributed by atoms with Crippen molar-refractivity contribution in [3.8, 4) is 0 Å². The fourth-order valence-corrected chi connectivity index (χ4v) is 3.21. The molecule has 0 radical (unpaired) electrons. The van der Waals surface area contributed by atoms with Gasteiger partial charge >= 0.3 is 0 Å². The maximum atomic E-state index is 10.9. The Kier molecular flexibility index (Phi) is 9.89. The minimum absolute atomic E-state index is 0.0405. The molecule has 0 aliphatic rings. The third-order valence-corrected chi connectivity index (χ3v) is 4.89. The third kappa shape index (κ3) is 7.90. The van der Waals surface area contributed by atoms with Crippen LogP contribution in [-0.2, 0) is 34.0 Å². The summed E-state index contributed by atoms with van der Waals surface area (Å²) in [6.45, 7) is 0.956. The first-order valence-electron chi connectivity index (χ1n) is 10.5. The number of hydrogen-bond donors (Lipinski definition) is 2. The second-order valence-electron chi connectivity index (χ2n) is 7.36. The Hall–Kier alpha value is -3.03. The van der Waals surface area contributed by atoms with E-state index in [1.54, 1.807) is 0 Å². The molecule has 0 saturated heterocycles. The number of nitrogens with zero attached hydrogens (tertiary/aromatic N) is 1. The summed E-state index contributed by atoms with van der Waals surface area (Å²) in [6.07, 6.45) is -1.34. The normalized spacial score (nSPS) is 14.3. The van der Waals surface area contributed by atoms with Gasteiger partial charge in [0.15, 0.2) is 0 Å². The molecule has 3 aromatic rings. The zero-order valence-corrected chi connectivity index (χ0v) is 17.9. The number of oxime groups is 1. The van der Waals surface area contributed by atoms with Crippen LogP contribution >= 0.6 is 0 Å². The lowest BCUT2D eigenvalue weighted by Crippen LogP contribution is -2.44. The van der Waals surface area contributed by atoms with Crippen LogP contribution in [0.1, 0.15) is 16.7 Å². The Balaban J connectivity index is 1.66. The lowest BCUT2D eigenvalue weighted by molar-refractivity contribution is -0.127. The molecule has 0 saturated carbocycles. The molecule has 3 rings (SSSR count). The fraction of sp³-hybridized carbons (Fsp3) is 0.269. The van der Waals surface area contributed by atoms with Crippen LogP contribution in [0.2, 0.25) is 0 Å². The van der Waals surface area contributed by atoms with Gasteiger partial charge in [-0.3, -0.25) is 0 Å². The van der Waals surface area contributed by atoms with E-state index in [2.05, 4.69) is 5.16 Å². The van der Waals surface area contributed by atoms with Crippen LogP contribution in [0.4, 0.5) is 0 Å². The Morgan fingerprint density at radius 1 is 0.688 bits per heavy atom. The quantitative estimate of drug-likeness (QED) is 0.239. The lowest BCUT2D eigenvalue weighted by atomic mass is 10.1. The predicted molar refractivity (Wildman–Crippen MR) is 122 cm³/mol. The van der Waals surface area contributed by atoms with Gasteiger partial charge in [-0.25, -0.2) is 0 Å². The van der Waals surface area contributed by atoms with Gasteiger partial charge in [-0.1, -0.05) is 96.2 Å². The molecule has 0 aliphatic carbocycles. The van der Waals surface area contributed by atoms with Gasteiger partial charge in [0.2, 0.25) is 0 Å². The summed E-state index contributed by atoms with van der Waals surface area (Å²) in [6, 6.07) is 29.0. The summed E-state index contributed by atoms with van der Waals surface area (Å²) >= 11 is 0. The fourth-order valence-electron chi connectivity index (χ4n) is 3.21. The maximum absolute atomic E-state index is 10.9. The Labute approximate surface area is 188 Å². The third-order valence-electron chi connectivity index (χ3n) is 4.89. The molecule has 6 nitrogen and oxygen atoms in total. The van der Waals surface area contributed by atoms with Crippen LogP contribution in [-0.4, -0.2) is 41.4 Å². The topological polar surface area (TPSA) is 80.5 Å². The van der Waals surface area contributed by atoms with Crippen molar-refractivity contribution in [3.63, 3.8) is 0 Å². The van der Waals surface area contributed by atoms with Crippen molar-refractivity contribution < 1.29 is 24.5 Å². The molecule has 0 aliphatic heterocycles. The monoisotopic (exact) mass is 435 g/mol. The van der Waals surface area contributed by atoms with Crippen molar-refractivity contribution in [1.82, 2.24) is 0 Å². The van der Waals surface area contributed by atoms with Crippen LogP contribution in [0.15, 0.2) is 96.2 Å². The molecule has 0 heterocycles. The molecule has 0 spiro atoms. The predicted octanol–water partition coefficient (Wildman–Crippen LogP) is 4.19. The Bertz CT molecular complexity index is 905. The molecule has 3 atom stereocenters. The van der Waals surface area contributed by atoms with Crippen LogP contribution in [0, 0.1) is 0 Å². The number of aliphatic hydroxyl groups excluding tert-OH is 1. The average Bonchev–Trinajstić information content (AvgIpc) is 2.84. The van der Waals surface area contributed by atoms with E-state index in [0.29, 0.717) is 6.61 Å². The van der Waals surface area contributed by atoms with Gasteiger partial charge in [0.05, 0.1) is 32.6 Å². The molecule has 0 fully saturated rings. The standard InChI is InChI=1S/C26H29NO5/c28-24(20-30-17-21-10-4-1-5-11-21)26(32-19-23-14-8-3-9-15-23)25(16-27-29)31-18-22-12-6-2-7-13-22/h1-16,24-26,28-29H,17-20H2/b27-16+/t24-,25+,26-/m1/s1. The Morgan fingerprint density at radius 3 is 1.66 bits per heavy atom. The second kappa shape index (κ2) is 13.4. The SMILES string of the molecule is O/N=C/[C@H](OCc1ccccc1)[C@H](OCc1ccccc1)[C@H](O)COCc1ccccc1. The van der Waals surface area contributed by atoms with Crippen molar-refractivity contribution in [3.05, 3.63) is 108 Å². The van der Waals surface area contributed by atoms with Gasteiger partial charge in [-0.05, 0) is 16.7 Å². The van der Waals surface area contributed by atoms with Crippen molar-refractivity contribution >= 4 is 6.21 Å². The summed E-state index contributed by atoms with van der Waals surface area (Å²) in [5, 5.41) is 23.2. The summed E-state index contributed by atoms with van der Waals surface area (Å²) in [4.78, 5) is 0. The highest BCUT2D eigenvalue weighted by molar-refractivity contribution is 5.63. The zero-order chi connectivity index (χ0) is 22.4. The highest BCUT2D eigenvalue weighted by atomic mass is 16.6. The molecule has 0 bridgehead atoms. The molecular formula is C26H29NO5. The van der Waals surface area contributed by atoms with E-state index < -0.39 is 18.3 Å². The first-order chi connectivity index (χ1) is 15.8. The molecule has 0 aromatic heterocycles. The van der Waals surface area contributed by atoms with Crippen molar-refractivity contribution in [2.24, 2.45) is 5.16 Å².